The maximum atomic E-state index is 5.63. The van der Waals surface area contributed by atoms with Crippen molar-refractivity contribution in [1.82, 2.24) is 9.97 Å². The van der Waals surface area contributed by atoms with Crippen LogP contribution in [0.3, 0.4) is 0 Å². The van der Waals surface area contributed by atoms with E-state index in [0.29, 0.717) is 5.82 Å². The minimum Gasteiger partial charge on any atom is -0.497 e. The number of nitrogen functional groups attached to an aromatic ring is 1. The van der Waals surface area contributed by atoms with Crippen molar-refractivity contribution in [3.63, 3.8) is 0 Å². The second-order valence-electron chi connectivity index (χ2n) is 3.48. The number of methoxy groups -OCH3 is 1. The van der Waals surface area contributed by atoms with Crippen LogP contribution in [0, 0.1) is 6.92 Å². The van der Waals surface area contributed by atoms with Gasteiger partial charge in [-0.2, -0.15) is 0 Å². The molecule has 0 saturated heterocycles. The van der Waals surface area contributed by atoms with Crippen molar-refractivity contribution in [3.05, 3.63) is 36.0 Å². The molecule has 0 aliphatic rings. The van der Waals surface area contributed by atoms with Gasteiger partial charge >= 0.3 is 0 Å². The highest BCUT2D eigenvalue weighted by atomic mass is 16.5. The Morgan fingerprint density at radius 1 is 1.12 bits per heavy atom. The largest absolute Gasteiger partial charge is 0.497 e. The normalized spacial score (nSPS) is 10.1. The summed E-state index contributed by atoms with van der Waals surface area (Å²) in [5.74, 6) is 1.26. The van der Waals surface area contributed by atoms with Crippen LogP contribution in [0.15, 0.2) is 30.3 Å². The molecule has 16 heavy (non-hydrogen) atoms. The Balaban J connectivity index is 2.51. The molecule has 0 aromatic carbocycles. The Morgan fingerprint density at radius 2 is 1.94 bits per heavy atom. The van der Waals surface area contributed by atoms with E-state index in [-0.39, 0.29) is 0 Å². The van der Waals surface area contributed by atoms with Crippen LogP contribution in [-0.4, -0.2) is 17.1 Å². The molecule has 2 aromatic rings. The predicted octanol–water partition coefficient (Wildman–Crippen LogP) is 2.04. The zero-order valence-electron chi connectivity index (χ0n) is 9.27. The lowest BCUT2D eigenvalue weighted by Gasteiger charge is -2.05. The van der Waals surface area contributed by atoms with Crippen LogP contribution in [0.5, 0.6) is 5.75 Å². The van der Waals surface area contributed by atoms with Crippen molar-refractivity contribution in [2.24, 2.45) is 0 Å². The average Bonchev–Trinajstić information content (AvgIpc) is 2.28. The van der Waals surface area contributed by atoms with Crippen molar-refractivity contribution < 1.29 is 4.74 Å². The van der Waals surface area contributed by atoms with E-state index >= 15 is 0 Å². The molecule has 0 atom stereocenters. The molecule has 0 unspecified atom stereocenters. The fourth-order valence-electron chi connectivity index (χ4n) is 1.48. The number of aryl methyl sites for hydroxylation is 1. The summed E-state index contributed by atoms with van der Waals surface area (Å²) in [5.41, 5.74) is 8.04. The number of pyridine rings is 2. The Labute approximate surface area is 94.1 Å². The van der Waals surface area contributed by atoms with Crippen LogP contribution in [0.1, 0.15) is 5.69 Å². The maximum absolute atomic E-state index is 5.63. The summed E-state index contributed by atoms with van der Waals surface area (Å²) >= 11 is 0. The van der Waals surface area contributed by atoms with Crippen molar-refractivity contribution in [3.8, 4) is 17.1 Å². The van der Waals surface area contributed by atoms with Gasteiger partial charge < -0.3 is 10.5 Å². The third-order valence-corrected chi connectivity index (χ3v) is 2.20. The first-order valence-electron chi connectivity index (χ1n) is 4.94. The van der Waals surface area contributed by atoms with Crippen LogP contribution in [0.4, 0.5) is 5.82 Å². The Bertz CT molecular complexity index is 511. The highest BCUT2D eigenvalue weighted by Gasteiger charge is 2.04. The highest BCUT2D eigenvalue weighted by Crippen LogP contribution is 2.21. The molecule has 2 heterocycles. The number of hydrogen-bond donors (Lipinski definition) is 1. The SMILES string of the molecule is COc1cc(C)nc(-c2cccc(N)n2)c1. The van der Waals surface area contributed by atoms with Gasteiger partial charge in [0.15, 0.2) is 0 Å². The van der Waals surface area contributed by atoms with Crippen LogP contribution in [0.25, 0.3) is 11.4 Å². The van der Waals surface area contributed by atoms with Crippen molar-refractivity contribution in [1.29, 1.82) is 0 Å². The average molecular weight is 215 g/mol. The van der Waals surface area contributed by atoms with Gasteiger partial charge in [-0.3, -0.25) is 4.98 Å². The Morgan fingerprint density at radius 3 is 2.62 bits per heavy atom. The van der Waals surface area contributed by atoms with E-state index in [4.69, 9.17) is 10.5 Å². The fourth-order valence-corrected chi connectivity index (χ4v) is 1.48. The molecule has 2 N–H and O–H groups in total. The van der Waals surface area contributed by atoms with E-state index in [1.165, 1.54) is 0 Å². The maximum Gasteiger partial charge on any atom is 0.124 e. The summed E-state index contributed by atoms with van der Waals surface area (Å²) in [5, 5.41) is 0. The quantitative estimate of drug-likeness (QED) is 0.832. The van der Waals surface area contributed by atoms with Gasteiger partial charge in [-0.25, -0.2) is 4.98 Å². The van der Waals surface area contributed by atoms with Crippen LogP contribution >= 0.6 is 0 Å². The summed E-state index contributed by atoms with van der Waals surface area (Å²) in [6.07, 6.45) is 0. The molecule has 4 heteroatoms. The molecule has 2 rings (SSSR count). The molecule has 0 bridgehead atoms. The summed E-state index contributed by atoms with van der Waals surface area (Å²) in [6, 6.07) is 9.19. The summed E-state index contributed by atoms with van der Waals surface area (Å²) in [4.78, 5) is 8.61. The first-order valence-corrected chi connectivity index (χ1v) is 4.94. The lowest BCUT2D eigenvalue weighted by atomic mass is 10.2. The first kappa shape index (κ1) is 10.4. The number of nitrogens with two attached hydrogens (primary N) is 1. The van der Waals surface area contributed by atoms with Crippen LogP contribution < -0.4 is 10.5 Å². The van der Waals surface area contributed by atoms with Crippen LogP contribution in [0.2, 0.25) is 0 Å². The topological polar surface area (TPSA) is 61.0 Å². The molecule has 0 aliphatic carbocycles. The number of anilines is 1. The van der Waals surface area contributed by atoms with Crippen molar-refractivity contribution in [2.45, 2.75) is 6.92 Å². The van der Waals surface area contributed by atoms with E-state index in [0.717, 1.165) is 22.8 Å². The highest BCUT2D eigenvalue weighted by molar-refractivity contribution is 5.58. The number of ether oxygens (including phenoxy) is 1. The van der Waals surface area contributed by atoms with Crippen molar-refractivity contribution >= 4 is 5.82 Å². The van der Waals surface area contributed by atoms with Gasteiger partial charge in [0.05, 0.1) is 18.5 Å². The van der Waals surface area contributed by atoms with Gasteiger partial charge in [0.25, 0.3) is 0 Å². The third kappa shape index (κ3) is 2.11. The van der Waals surface area contributed by atoms with E-state index in [2.05, 4.69) is 9.97 Å². The molecule has 0 saturated carbocycles. The molecule has 0 spiro atoms. The molecule has 2 aromatic heterocycles. The Kier molecular flexibility index (Phi) is 2.72. The molecule has 4 nitrogen and oxygen atoms in total. The third-order valence-electron chi connectivity index (χ3n) is 2.20. The van der Waals surface area contributed by atoms with Gasteiger partial charge in [0.1, 0.15) is 11.6 Å². The number of aromatic nitrogens is 2. The van der Waals surface area contributed by atoms with Crippen molar-refractivity contribution in [2.75, 3.05) is 12.8 Å². The summed E-state index contributed by atoms with van der Waals surface area (Å²) < 4.78 is 5.19. The summed E-state index contributed by atoms with van der Waals surface area (Å²) in [7, 11) is 1.63. The second kappa shape index (κ2) is 4.18. The first-order chi connectivity index (χ1) is 7.69. The minimum absolute atomic E-state index is 0.486. The molecular formula is C12H13N3O. The molecule has 0 fully saturated rings. The van der Waals surface area contributed by atoms with E-state index in [1.54, 1.807) is 13.2 Å². The van der Waals surface area contributed by atoms with Crippen LogP contribution in [-0.2, 0) is 0 Å². The number of nitrogens with zero attached hydrogens (tertiary/aromatic N) is 2. The standard InChI is InChI=1S/C12H13N3O/c1-8-6-9(16-2)7-11(14-8)10-4-3-5-12(13)15-10/h3-7H,1-2H3,(H2,13,15). The number of hydrogen-bond acceptors (Lipinski definition) is 4. The number of rotatable bonds is 2. The van der Waals surface area contributed by atoms with Gasteiger partial charge in [-0.1, -0.05) is 6.07 Å². The second-order valence-corrected chi connectivity index (χ2v) is 3.48. The van der Waals surface area contributed by atoms with Gasteiger partial charge in [-0.15, -0.1) is 0 Å². The summed E-state index contributed by atoms with van der Waals surface area (Å²) in [6.45, 7) is 1.91. The van der Waals surface area contributed by atoms with E-state index in [9.17, 15) is 0 Å². The molecular weight excluding hydrogens is 202 g/mol. The zero-order chi connectivity index (χ0) is 11.5. The predicted molar refractivity (Wildman–Crippen MR) is 63.2 cm³/mol. The van der Waals surface area contributed by atoms with Gasteiger partial charge in [0, 0.05) is 17.8 Å². The smallest absolute Gasteiger partial charge is 0.124 e. The lowest BCUT2D eigenvalue weighted by Crippen LogP contribution is -1.95. The van der Waals surface area contributed by atoms with Gasteiger partial charge in [-0.05, 0) is 19.1 Å². The van der Waals surface area contributed by atoms with E-state index < -0.39 is 0 Å². The molecule has 82 valence electrons. The molecule has 0 radical (unpaired) electrons. The molecule has 0 aliphatic heterocycles. The Hall–Kier alpha value is -2.10. The minimum atomic E-state index is 0.486. The fraction of sp³-hybridized carbons (Fsp3) is 0.167. The molecule has 0 amide bonds. The zero-order valence-corrected chi connectivity index (χ0v) is 9.27. The van der Waals surface area contributed by atoms with E-state index in [1.807, 2.05) is 31.2 Å². The lowest BCUT2D eigenvalue weighted by molar-refractivity contribution is 0.414. The monoisotopic (exact) mass is 215 g/mol. The van der Waals surface area contributed by atoms with Gasteiger partial charge in [0.2, 0.25) is 0 Å².